The van der Waals surface area contributed by atoms with Gasteiger partial charge in [-0.3, -0.25) is 14.4 Å². The number of carbonyl (C=O) groups excluding carboxylic acids is 3. The van der Waals surface area contributed by atoms with E-state index in [1.54, 1.807) is 24.3 Å². The van der Waals surface area contributed by atoms with Gasteiger partial charge in [0, 0.05) is 29.9 Å². The van der Waals surface area contributed by atoms with Crippen molar-refractivity contribution in [2.24, 2.45) is 0 Å². The Morgan fingerprint density at radius 1 is 1.05 bits per heavy atom. The van der Waals surface area contributed by atoms with Gasteiger partial charge in [0.2, 0.25) is 5.56 Å². The molecule has 0 aliphatic carbocycles. The first-order valence-electron chi connectivity index (χ1n) is 6.86. The highest BCUT2D eigenvalue weighted by atomic mass is 16.2. The molecule has 0 bridgehead atoms. The van der Waals surface area contributed by atoms with Crippen molar-refractivity contribution in [2.45, 2.75) is 12.5 Å². The van der Waals surface area contributed by atoms with E-state index in [-0.39, 0.29) is 24.3 Å². The Kier molecular flexibility index (Phi) is 2.47. The number of imide groups is 1. The lowest BCUT2D eigenvalue weighted by Gasteiger charge is -2.15. The molecule has 0 unspecified atom stereocenters. The maximum Gasteiger partial charge on any atom is 0.332 e. The molecule has 0 radical (unpaired) electrons. The fourth-order valence-electron chi connectivity index (χ4n) is 3.01. The van der Waals surface area contributed by atoms with E-state index in [4.69, 9.17) is 0 Å². The first-order valence-corrected chi connectivity index (χ1v) is 6.86. The second-order valence-corrected chi connectivity index (χ2v) is 5.36. The molecule has 2 aliphatic rings. The van der Waals surface area contributed by atoms with Crippen molar-refractivity contribution in [1.29, 1.82) is 0 Å². The number of fused-ring (bicyclic) bond motifs is 2. The summed E-state index contributed by atoms with van der Waals surface area (Å²) in [6, 6.07) is 6.42. The van der Waals surface area contributed by atoms with E-state index in [0.717, 1.165) is 4.90 Å². The van der Waals surface area contributed by atoms with Crippen LogP contribution < -0.4 is 10.5 Å². The summed E-state index contributed by atoms with van der Waals surface area (Å²) in [6.45, 7) is 0.283. The highest BCUT2D eigenvalue weighted by Crippen LogP contribution is 2.30. The van der Waals surface area contributed by atoms with Crippen LogP contribution in [0.2, 0.25) is 0 Å². The van der Waals surface area contributed by atoms with Crippen LogP contribution >= 0.6 is 0 Å². The Morgan fingerprint density at radius 2 is 1.86 bits per heavy atom. The maximum atomic E-state index is 12.4. The molecule has 2 aromatic rings. The summed E-state index contributed by atoms with van der Waals surface area (Å²) >= 11 is 0. The summed E-state index contributed by atoms with van der Waals surface area (Å²) in [5, 5.41) is 0.705. The predicted octanol–water partition coefficient (Wildman–Crippen LogP) is 0.638. The van der Waals surface area contributed by atoms with Gasteiger partial charge in [0.25, 0.3) is 5.91 Å². The van der Waals surface area contributed by atoms with E-state index in [1.807, 2.05) is 0 Å². The quantitative estimate of drug-likeness (QED) is 0.617. The highest BCUT2D eigenvalue weighted by Gasteiger charge is 2.52. The number of benzene rings is 1. The lowest BCUT2D eigenvalue weighted by molar-refractivity contribution is -0.127. The van der Waals surface area contributed by atoms with Gasteiger partial charge in [-0.05, 0) is 24.3 Å². The molecule has 1 atom stereocenters. The number of Topliss-reactive ketones (excluding diaryl/α,β-unsaturated/α-hetero) is 1. The number of carbonyl (C=O) groups is 3. The van der Waals surface area contributed by atoms with E-state index in [2.05, 4.69) is 4.98 Å². The Bertz CT molecular complexity index is 901. The van der Waals surface area contributed by atoms with Crippen molar-refractivity contribution >= 4 is 34.3 Å². The Morgan fingerprint density at radius 3 is 2.64 bits per heavy atom. The van der Waals surface area contributed by atoms with Gasteiger partial charge in [-0.15, -0.1) is 0 Å². The molecule has 2 saturated heterocycles. The van der Waals surface area contributed by atoms with Crippen LogP contribution in [0.3, 0.4) is 0 Å². The normalized spacial score (nSPS) is 21.1. The molecular weight excluding hydrogens is 286 g/mol. The third kappa shape index (κ3) is 1.62. The molecule has 1 aromatic heterocycles. The first-order chi connectivity index (χ1) is 10.6. The molecular formula is C15H11N3O4. The van der Waals surface area contributed by atoms with Crippen LogP contribution in [0.5, 0.6) is 0 Å². The van der Waals surface area contributed by atoms with Crippen molar-refractivity contribution in [3.8, 4) is 0 Å². The van der Waals surface area contributed by atoms with Gasteiger partial charge < -0.3 is 9.88 Å². The zero-order valence-electron chi connectivity index (χ0n) is 11.4. The zero-order chi connectivity index (χ0) is 15.4. The fourth-order valence-corrected chi connectivity index (χ4v) is 3.01. The van der Waals surface area contributed by atoms with Crippen LogP contribution in [0.1, 0.15) is 6.42 Å². The van der Waals surface area contributed by atoms with Crippen LogP contribution in [0.15, 0.2) is 35.1 Å². The number of H-pyrrole nitrogens is 1. The zero-order valence-corrected chi connectivity index (χ0v) is 11.4. The van der Waals surface area contributed by atoms with Crippen LogP contribution in [-0.4, -0.2) is 40.2 Å². The SMILES string of the molecule is O=C1CCN2C(=O)N(c3ccc4[nH]c(=O)ccc4c3)C(=O)[C@H]12. The van der Waals surface area contributed by atoms with Crippen molar-refractivity contribution in [3.05, 3.63) is 40.7 Å². The summed E-state index contributed by atoms with van der Waals surface area (Å²) in [6.07, 6.45) is 0.231. The van der Waals surface area contributed by atoms with Crippen molar-refractivity contribution < 1.29 is 14.4 Å². The molecule has 2 aliphatic heterocycles. The number of aromatic nitrogens is 1. The average Bonchev–Trinajstić information content (AvgIpc) is 2.99. The van der Waals surface area contributed by atoms with Crippen molar-refractivity contribution in [2.75, 3.05) is 11.4 Å². The topological polar surface area (TPSA) is 90.6 Å². The van der Waals surface area contributed by atoms with Gasteiger partial charge in [-0.25, -0.2) is 9.69 Å². The molecule has 1 N–H and O–H groups in total. The number of hydrogen-bond acceptors (Lipinski definition) is 4. The minimum atomic E-state index is -0.973. The minimum Gasteiger partial charge on any atom is -0.322 e. The third-order valence-corrected chi connectivity index (χ3v) is 4.07. The average molecular weight is 297 g/mol. The summed E-state index contributed by atoms with van der Waals surface area (Å²) < 4.78 is 0. The van der Waals surface area contributed by atoms with Crippen LogP contribution in [0.4, 0.5) is 10.5 Å². The van der Waals surface area contributed by atoms with Crippen molar-refractivity contribution in [3.63, 3.8) is 0 Å². The number of nitrogens with one attached hydrogen (secondary N) is 1. The molecule has 0 saturated carbocycles. The number of hydrogen-bond donors (Lipinski definition) is 1. The number of anilines is 1. The Balaban J connectivity index is 1.80. The van der Waals surface area contributed by atoms with Gasteiger partial charge in [-0.2, -0.15) is 0 Å². The highest BCUT2D eigenvalue weighted by molar-refractivity contribution is 6.29. The van der Waals surface area contributed by atoms with Crippen LogP contribution in [-0.2, 0) is 9.59 Å². The summed E-state index contributed by atoms with van der Waals surface area (Å²) in [7, 11) is 0. The molecule has 3 heterocycles. The lowest BCUT2D eigenvalue weighted by Crippen LogP contribution is -2.34. The molecule has 7 heteroatoms. The lowest BCUT2D eigenvalue weighted by atomic mass is 10.1. The molecule has 2 fully saturated rings. The van der Waals surface area contributed by atoms with E-state index in [9.17, 15) is 19.2 Å². The third-order valence-electron chi connectivity index (χ3n) is 4.07. The Labute approximate surface area is 124 Å². The van der Waals surface area contributed by atoms with Crippen molar-refractivity contribution in [1.82, 2.24) is 9.88 Å². The van der Waals surface area contributed by atoms with E-state index < -0.39 is 18.0 Å². The van der Waals surface area contributed by atoms with Gasteiger partial charge in [0.15, 0.2) is 11.8 Å². The Hall–Kier alpha value is -2.96. The number of rotatable bonds is 1. The molecule has 0 spiro atoms. The summed E-state index contributed by atoms with van der Waals surface area (Å²) in [5.74, 6) is -0.720. The van der Waals surface area contributed by atoms with Gasteiger partial charge in [0.1, 0.15) is 0 Å². The second-order valence-electron chi connectivity index (χ2n) is 5.36. The van der Waals surface area contributed by atoms with Gasteiger partial charge in [-0.1, -0.05) is 0 Å². The van der Waals surface area contributed by atoms with Gasteiger partial charge in [0.05, 0.1) is 5.69 Å². The number of amides is 3. The molecule has 1 aromatic carbocycles. The fraction of sp³-hybridized carbons (Fsp3) is 0.200. The summed E-state index contributed by atoms with van der Waals surface area (Å²) in [5.41, 5.74) is 0.795. The largest absolute Gasteiger partial charge is 0.332 e. The molecule has 110 valence electrons. The van der Waals surface area contributed by atoms with Crippen LogP contribution in [0, 0.1) is 0 Å². The molecule has 22 heavy (non-hydrogen) atoms. The smallest absolute Gasteiger partial charge is 0.322 e. The number of aromatic amines is 1. The monoisotopic (exact) mass is 297 g/mol. The first kappa shape index (κ1) is 12.8. The van der Waals surface area contributed by atoms with Gasteiger partial charge >= 0.3 is 6.03 Å². The number of urea groups is 1. The number of ketones is 1. The second kappa shape index (κ2) is 4.27. The predicted molar refractivity (Wildman–Crippen MR) is 77.6 cm³/mol. The molecule has 3 amide bonds. The number of pyridine rings is 1. The van der Waals surface area contributed by atoms with E-state index >= 15 is 0 Å². The molecule has 7 nitrogen and oxygen atoms in total. The van der Waals surface area contributed by atoms with E-state index in [0.29, 0.717) is 16.6 Å². The van der Waals surface area contributed by atoms with E-state index in [1.165, 1.54) is 11.0 Å². The molecule has 4 rings (SSSR count). The standard InChI is InChI=1S/C15H11N3O4/c19-11-5-6-17-13(11)14(21)18(15(17)22)9-2-3-10-8(7-9)1-4-12(20)16-10/h1-4,7,13H,5-6H2,(H,16,20)/t13-/m0/s1. The summed E-state index contributed by atoms with van der Waals surface area (Å²) in [4.78, 5) is 52.8. The minimum absolute atomic E-state index is 0.217. The number of nitrogens with zero attached hydrogens (tertiary/aromatic N) is 2. The maximum absolute atomic E-state index is 12.4. The van der Waals surface area contributed by atoms with Crippen LogP contribution in [0.25, 0.3) is 10.9 Å².